The predicted octanol–water partition coefficient (Wildman–Crippen LogP) is 6.23. The molecule has 3 aliphatic carbocycles. The maximum Gasteiger partial charge on any atom is 0.312 e. The van der Waals surface area contributed by atoms with Gasteiger partial charge in [0.1, 0.15) is 0 Å². The summed E-state index contributed by atoms with van der Waals surface area (Å²) in [6.45, 7) is 13.5. The summed E-state index contributed by atoms with van der Waals surface area (Å²) in [4.78, 5) is 13.0. The van der Waals surface area contributed by atoms with Crippen LogP contribution in [0.4, 0.5) is 0 Å². The molecule has 6 atom stereocenters. The van der Waals surface area contributed by atoms with Crippen LogP contribution in [0.25, 0.3) is 0 Å². The highest BCUT2D eigenvalue weighted by molar-refractivity contribution is 5.77. The van der Waals surface area contributed by atoms with Gasteiger partial charge in [-0.2, -0.15) is 0 Å². The highest BCUT2D eigenvalue weighted by Crippen LogP contribution is 2.64. The lowest BCUT2D eigenvalue weighted by Crippen LogP contribution is -2.56. The average Bonchev–Trinajstić information content (AvgIpc) is 2.53. The first kappa shape index (κ1) is 19.2. The summed E-state index contributed by atoms with van der Waals surface area (Å²) in [5.41, 5.74) is 0.0744. The second-order valence-electron chi connectivity index (χ2n) is 10.5. The number of hydrogen-bond acceptors (Lipinski definition) is 2. The fourth-order valence-electron chi connectivity index (χ4n) is 7.07. The Morgan fingerprint density at radius 2 is 1.72 bits per heavy atom. The molecule has 3 fully saturated rings. The van der Waals surface area contributed by atoms with E-state index in [1.807, 2.05) is 13.8 Å². The highest BCUT2D eigenvalue weighted by atomic mass is 16.5. The quantitative estimate of drug-likeness (QED) is 0.565. The Balaban J connectivity index is 1.83. The van der Waals surface area contributed by atoms with Crippen molar-refractivity contribution in [1.29, 1.82) is 0 Å². The Morgan fingerprint density at radius 3 is 2.36 bits per heavy atom. The Hall–Kier alpha value is -0.530. The van der Waals surface area contributed by atoms with E-state index in [1.165, 1.54) is 44.9 Å². The monoisotopic (exact) mass is 348 g/mol. The smallest absolute Gasteiger partial charge is 0.312 e. The molecule has 0 spiro atoms. The van der Waals surface area contributed by atoms with Crippen molar-refractivity contribution in [3.8, 4) is 0 Å². The van der Waals surface area contributed by atoms with Crippen molar-refractivity contribution in [1.82, 2.24) is 0 Å². The molecule has 0 N–H and O–H groups in total. The Bertz CT molecular complexity index is 496. The van der Waals surface area contributed by atoms with E-state index in [0.29, 0.717) is 11.3 Å². The van der Waals surface area contributed by atoms with Crippen LogP contribution in [-0.4, -0.2) is 12.1 Å². The van der Waals surface area contributed by atoms with Crippen LogP contribution in [0, 0.1) is 40.4 Å². The minimum atomic E-state index is -0.267. The molecule has 0 amide bonds. The normalized spacial score (nSPS) is 44.3. The van der Waals surface area contributed by atoms with Crippen LogP contribution in [0.2, 0.25) is 0 Å². The molecular weight excluding hydrogens is 308 g/mol. The van der Waals surface area contributed by atoms with Crippen LogP contribution in [-0.2, 0) is 9.53 Å². The summed E-state index contributed by atoms with van der Waals surface area (Å²) < 4.78 is 5.73. The van der Waals surface area contributed by atoms with Crippen molar-refractivity contribution in [2.75, 3.05) is 0 Å². The largest absolute Gasteiger partial charge is 0.463 e. The minimum absolute atomic E-state index is 0.00433. The highest BCUT2D eigenvalue weighted by Gasteiger charge is 2.59. The third kappa shape index (κ3) is 3.28. The first-order valence-electron chi connectivity index (χ1n) is 10.9. The molecule has 0 aliphatic heterocycles. The van der Waals surface area contributed by atoms with Gasteiger partial charge in [-0.25, -0.2) is 0 Å². The Morgan fingerprint density at radius 1 is 1.00 bits per heavy atom. The maximum atomic E-state index is 13.0. The second kappa shape index (κ2) is 6.89. The number of ether oxygens (including phenoxy) is 1. The molecule has 2 nitrogen and oxygen atoms in total. The van der Waals surface area contributed by atoms with Crippen molar-refractivity contribution in [2.24, 2.45) is 40.4 Å². The Labute approximate surface area is 155 Å². The second-order valence-corrected chi connectivity index (χ2v) is 10.5. The molecule has 3 aliphatic rings. The first-order chi connectivity index (χ1) is 11.7. The van der Waals surface area contributed by atoms with E-state index >= 15 is 0 Å². The van der Waals surface area contributed by atoms with E-state index in [1.54, 1.807) is 0 Å². The molecule has 3 rings (SSSR count). The summed E-state index contributed by atoms with van der Waals surface area (Å²) in [6.07, 6.45) is 10.3. The van der Waals surface area contributed by atoms with E-state index in [9.17, 15) is 4.79 Å². The fraction of sp³-hybridized carbons (Fsp3) is 0.957. The molecular formula is C23H40O2. The molecule has 25 heavy (non-hydrogen) atoms. The van der Waals surface area contributed by atoms with Gasteiger partial charge in [0.25, 0.3) is 0 Å². The van der Waals surface area contributed by atoms with Gasteiger partial charge in [-0.3, -0.25) is 4.79 Å². The molecule has 0 saturated heterocycles. The standard InChI is InChI=1S/C23H40O2/c1-15(2)17-8-10-19-18(14-17)9-11-20-22(19,5)12-7-13-23(20,6)21(24)25-16(3)4/h15-20H,7-14H2,1-6H3/t17?,18?,19?,20?,22-,23?/m1/s1. The molecule has 0 aromatic heterocycles. The van der Waals surface area contributed by atoms with Gasteiger partial charge in [0.2, 0.25) is 0 Å². The van der Waals surface area contributed by atoms with Gasteiger partial charge in [-0.05, 0) is 101 Å². The predicted molar refractivity (Wildman–Crippen MR) is 103 cm³/mol. The molecule has 0 aromatic carbocycles. The Kier molecular flexibility index (Phi) is 5.30. The molecule has 0 bridgehead atoms. The van der Waals surface area contributed by atoms with Crippen molar-refractivity contribution in [2.45, 2.75) is 99.0 Å². The van der Waals surface area contributed by atoms with Gasteiger partial charge in [-0.15, -0.1) is 0 Å². The zero-order valence-electron chi connectivity index (χ0n) is 17.4. The van der Waals surface area contributed by atoms with E-state index in [0.717, 1.165) is 30.1 Å². The van der Waals surface area contributed by atoms with Crippen LogP contribution >= 0.6 is 0 Å². The van der Waals surface area contributed by atoms with E-state index in [4.69, 9.17) is 4.74 Å². The third-order valence-electron chi connectivity index (χ3n) is 8.42. The summed E-state index contributed by atoms with van der Waals surface area (Å²) in [5, 5.41) is 0. The van der Waals surface area contributed by atoms with Gasteiger partial charge >= 0.3 is 5.97 Å². The lowest BCUT2D eigenvalue weighted by molar-refractivity contribution is -0.182. The third-order valence-corrected chi connectivity index (χ3v) is 8.42. The molecule has 0 heterocycles. The molecule has 0 radical (unpaired) electrons. The van der Waals surface area contributed by atoms with Crippen LogP contribution in [0.3, 0.4) is 0 Å². The van der Waals surface area contributed by atoms with Gasteiger partial charge in [0.05, 0.1) is 11.5 Å². The molecule has 2 heteroatoms. The summed E-state index contributed by atoms with van der Waals surface area (Å²) in [5.74, 6) is 4.05. The van der Waals surface area contributed by atoms with Crippen molar-refractivity contribution in [3.05, 3.63) is 0 Å². The number of hydrogen-bond donors (Lipinski definition) is 0. The first-order valence-corrected chi connectivity index (χ1v) is 10.9. The van der Waals surface area contributed by atoms with Crippen LogP contribution in [0.5, 0.6) is 0 Å². The van der Waals surface area contributed by atoms with E-state index in [2.05, 4.69) is 27.7 Å². The minimum Gasteiger partial charge on any atom is -0.463 e. The van der Waals surface area contributed by atoms with E-state index in [-0.39, 0.29) is 17.5 Å². The molecule has 5 unspecified atom stereocenters. The van der Waals surface area contributed by atoms with Crippen LogP contribution in [0.15, 0.2) is 0 Å². The number of esters is 1. The topological polar surface area (TPSA) is 26.3 Å². The summed E-state index contributed by atoms with van der Waals surface area (Å²) in [7, 11) is 0. The van der Waals surface area contributed by atoms with Gasteiger partial charge in [0.15, 0.2) is 0 Å². The SMILES string of the molecule is CC(C)OC(=O)C1(C)CCC[C@]2(C)C3CCC(C(C)C)CC3CCC12. The lowest BCUT2D eigenvalue weighted by Gasteiger charge is -2.61. The number of fused-ring (bicyclic) bond motifs is 3. The van der Waals surface area contributed by atoms with E-state index < -0.39 is 0 Å². The van der Waals surface area contributed by atoms with Crippen molar-refractivity contribution >= 4 is 5.97 Å². The number of rotatable bonds is 3. The number of carbonyl (C=O) groups excluding carboxylic acids is 1. The maximum absolute atomic E-state index is 13.0. The summed E-state index contributed by atoms with van der Waals surface area (Å²) in [6, 6.07) is 0. The van der Waals surface area contributed by atoms with Crippen molar-refractivity contribution < 1.29 is 9.53 Å². The number of carbonyl (C=O) groups is 1. The van der Waals surface area contributed by atoms with Crippen LogP contribution < -0.4 is 0 Å². The average molecular weight is 349 g/mol. The molecule has 3 saturated carbocycles. The fourth-order valence-corrected chi connectivity index (χ4v) is 7.07. The summed E-state index contributed by atoms with van der Waals surface area (Å²) >= 11 is 0. The molecule has 144 valence electrons. The van der Waals surface area contributed by atoms with Gasteiger partial charge in [0, 0.05) is 0 Å². The zero-order valence-corrected chi connectivity index (χ0v) is 17.4. The van der Waals surface area contributed by atoms with Gasteiger partial charge < -0.3 is 4.74 Å². The zero-order chi connectivity index (χ0) is 18.4. The van der Waals surface area contributed by atoms with Crippen molar-refractivity contribution in [3.63, 3.8) is 0 Å². The lowest BCUT2D eigenvalue weighted by atomic mass is 9.43. The van der Waals surface area contributed by atoms with Crippen LogP contribution in [0.1, 0.15) is 92.9 Å². The van der Waals surface area contributed by atoms with Gasteiger partial charge in [-0.1, -0.05) is 27.2 Å². The molecule has 0 aromatic rings.